The van der Waals surface area contributed by atoms with Crippen LogP contribution in [0.15, 0.2) is 30.6 Å². The van der Waals surface area contributed by atoms with Crippen LogP contribution in [0.2, 0.25) is 0 Å². The van der Waals surface area contributed by atoms with Gasteiger partial charge in [-0.25, -0.2) is 0 Å². The molecule has 2 aliphatic heterocycles. The largest absolute Gasteiger partial charge is 0.508 e. The first-order valence-electron chi connectivity index (χ1n) is 10.7. The van der Waals surface area contributed by atoms with Gasteiger partial charge in [0.2, 0.25) is 0 Å². The minimum Gasteiger partial charge on any atom is -0.508 e. The molecule has 152 valence electrons. The Labute approximate surface area is 171 Å². The Kier molecular flexibility index (Phi) is 5.16. The molecule has 0 aliphatic carbocycles. The lowest BCUT2D eigenvalue weighted by atomic mass is 10.0. The average Bonchev–Trinajstić information content (AvgIpc) is 2.97. The van der Waals surface area contributed by atoms with E-state index in [0.717, 1.165) is 80.2 Å². The van der Waals surface area contributed by atoms with Crippen molar-refractivity contribution in [2.45, 2.75) is 45.3 Å². The number of hydrogen-bond donors (Lipinski definition) is 1. The van der Waals surface area contributed by atoms with Crippen LogP contribution in [-0.4, -0.2) is 60.8 Å². The number of aromatic nitrogens is 4. The minimum atomic E-state index is 0.360. The predicted molar refractivity (Wildman–Crippen MR) is 112 cm³/mol. The molecule has 0 saturated carbocycles. The highest BCUT2D eigenvalue weighted by Crippen LogP contribution is 2.28. The Bertz CT molecular complexity index is 992. The molecule has 2 aliphatic rings. The van der Waals surface area contributed by atoms with Gasteiger partial charge in [0.1, 0.15) is 17.4 Å². The highest BCUT2D eigenvalue weighted by Gasteiger charge is 2.22. The summed E-state index contributed by atoms with van der Waals surface area (Å²) in [6.45, 7) is 6.67. The summed E-state index contributed by atoms with van der Waals surface area (Å²) in [6, 6.07) is 5.75. The summed E-state index contributed by atoms with van der Waals surface area (Å²) in [7, 11) is 0. The second-order valence-corrected chi connectivity index (χ2v) is 8.21. The Morgan fingerprint density at radius 3 is 2.55 bits per heavy atom. The Morgan fingerprint density at radius 1 is 0.862 bits per heavy atom. The smallest absolute Gasteiger partial charge is 0.147 e. The number of fused-ring (bicyclic) bond motifs is 2. The Balaban J connectivity index is 1.23. The summed E-state index contributed by atoms with van der Waals surface area (Å²) >= 11 is 0. The van der Waals surface area contributed by atoms with Crippen LogP contribution in [0.3, 0.4) is 0 Å². The van der Waals surface area contributed by atoms with Crippen LogP contribution in [-0.2, 0) is 26.1 Å². The molecule has 0 unspecified atom stereocenters. The SMILES string of the molecule is Oc1ccc2ccncc2c1CN1CCN(Cc2nnc3n2CCCCC3)CC1. The molecular weight excluding hydrogens is 364 g/mol. The third-order valence-electron chi connectivity index (χ3n) is 6.31. The fraction of sp³-hybridized carbons (Fsp3) is 0.500. The molecule has 4 heterocycles. The van der Waals surface area contributed by atoms with Crippen molar-refractivity contribution in [2.24, 2.45) is 0 Å². The number of aryl methyl sites for hydroxylation is 1. The standard InChI is InChI=1S/C22H28N6O/c29-20-6-5-17-7-8-23-14-18(17)19(20)15-26-10-12-27(13-11-26)16-22-25-24-21-4-2-1-3-9-28(21)22/h5-8,14,29H,1-4,9-13,15-16H2. The second kappa shape index (κ2) is 8.08. The highest BCUT2D eigenvalue weighted by atomic mass is 16.3. The summed E-state index contributed by atoms with van der Waals surface area (Å²) in [5.41, 5.74) is 0.979. The number of nitrogens with zero attached hydrogens (tertiary/aromatic N) is 6. The minimum absolute atomic E-state index is 0.360. The van der Waals surface area contributed by atoms with Crippen LogP contribution in [0.25, 0.3) is 10.8 Å². The van der Waals surface area contributed by atoms with Crippen LogP contribution >= 0.6 is 0 Å². The van der Waals surface area contributed by atoms with Gasteiger partial charge in [-0.15, -0.1) is 10.2 Å². The second-order valence-electron chi connectivity index (χ2n) is 8.21. The van der Waals surface area contributed by atoms with E-state index >= 15 is 0 Å². The summed E-state index contributed by atoms with van der Waals surface area (Å²) in [6.07, 6.45) is 8.47. The molecule has 1 N–H and O–H groups in total. The number of phenolic OH excluding ortho intramolecular Hbond substituents is 1. The van der Waals surface area contributed by atoms with Gasteiger partial charge < -0.3 is 9.67 Å². The van der Waals surface area contributed by atoms with E-state index in [-0.39, 0.29) is 0 Å². The third-order valence-corrected chi connectivity index (χ3v) is 6.31. The molecular formula is C22H28N6O. The Hall–Kier alpha value is -2.51. The van der Waals surface area contributed by atoms with Gasteiger partial charge in [-0.1, -0.05) is 12.5 Å². The van der Waals surface area contributed by atoms with Crippen molar-refractivity contribution in [2.75, 3.05) is 26.2 Å². The summed E-state index contributed by atoms with van der Waals surface area (Å²) in [4.78, 5) is 9.14. The number of phenols is 1. The van der Waals surface area contributed by atoms with Gasteiger partial charge in [0.05, 0.1) is 6.54 Å². The van der Waals surface area contributed by atoms with Gasteiger partial charge in [-0.2, -0.15) is 0 Å². The van der Waals surface area contributed by atoms with Gasteiger partial charge in [-0.05, 0) is 30.4 Å². The normalized spacial score (nSPS) is 18.6. The maximum absolute atomic E-state index is 10.4. The van der Waals surface area contributed by atoms with Crippen LogP contribution in [0, 0.1) is 0 Å². The van der Waals surface area contributed by atoms with Crippen LogP contribution in [0.1, 0.15) is 36.5 Å². The molecule has 0 atom stereocenters. The molecule has 1 fully saturated rings. The first-order valence-corrected chi connectivity index (χ1v) is 10.7. The first-order chi connectivity index (χ1) is 14.3. The topological polar surface area (TPSA) is 70.3 Å². The predicted octanol–water partition coefficient (Wildman–Crippen LogP) is 2.58. The lowest BCUT2D eigenvalue weighted by molar-refractivity contribution is 0.118. The number of pyridine rings is 1. The molecule has 5 rings (SSSR count). The van der Waals surface area contributed by atoms with E-state index in [9.17, 15) is 5.11 Å². The van der Waals surface area contributed by atoms with E-state index in [1.807, 2.05) is 18.3 Å². The van der Waals surface area contributed by atoms with Crippen molar-refractivity contribution in [1.29, 1.82) is 0 Å². The zero-order chi connectivity index (χ0) is 19.6. The number of aromatic hydroxyl groups is 1. The van der Waals surface area contributed by atoms with E-state index < -0.39 is 0 Å². The van der Waals surface area contributed by atoms with Crippen molar-refractivity contribution < 1.29 is 5.11 Å². The summed E-state index contributed by atoms with van der Waals surface area (Å²) in [5, 5.41) is 21.5. The van der Waals surface area contributed by atoms with Crippen molar-refractivity contribution in [3.63, 3.8) is 0 Å². The molecule has 0 radical (unpaired) electrons. The highest BCUT2D eigenvalue weighted by molar-refractivity contribution is 5.86. The maximum Gasteiger partial charge on any atom is 0.147 e. The molecule has 0 bridgehead atoms. The fourth-order valence-corrected chi connectivity index (χ4v) is 4.57. The molecule has 1 saturated heterocycles. The van der Waals surface area contributed by atoms with E-state index in [4.69, 9.17) is 0 Å². The molecule has 0 amide bonds. The van der Waals surface area contributed by atoms with Gasteiger partial charge >= 0.3 is 0 Å². The quantitative estimate of drug-likeness (QED) is 0.736. The Morgan fingerprint density at radius 2 is 1.69 bits per heavy atom. The van der Waals surface area contributed by atoms with E-state index in [0.29, 0.717) is 5.75 Å². The maximum atomic E-state index is 10.4. The molecule has 1 aromatic carbocycles. The first kappa shape index (κ1) is 18.5. The molecule has 29 heavy (non-hydrogen) atoms. The molecule has 2 aromatic heterocycles. The number of rotatable bonds is 4. The molecule has 7 nitrogen and oxygen atoms in total. The van der Waals surface area contributed by atoms with Crippen molar-refractivity contribution in [3.05, 3.63) is 47.8 Å². The lowest BCUT2D eigenvalue weighted by Gasteiger charge is -2.34. The fourth-order valence-electron chi connectivity index (χ4n) is 4.57. The number of piperazine rings is 1. The van der Waals surface area contributed by atoms with E-state index in [1.54, 1.807) is 12.3 Å². The summed E-state index contributed by atoms with van der Waals surface area (Å²) in [5.74, 6) is 2.64. The van der Waals surface area contributed by atoms with Gasteiger partial charge in [-0.3, -0.25) is 14.8 Å². The third kappa shape index (κ3) is 3.84. The summed E-state index contributed by atoms with van der Waals surface area (Å²) < 4.78 is 2.35. The van der Waals surface area contributed by atoms with Crippen LogP contribution in [0.4, 0.5) is 0 Å². The van der Waals surface area contributed by atoms with E-state index in [1.165, 1.54) is 19.3 Å². The van der Waals surface area contributed by atoms with Crippen LogP contribution < -0.4 is 0 Å². The van der Waals surface area contributed by atoms with Crippen molar-refractivity contribution in [1.82, 2.24) is 29.5 Å². The molecule has 7 heteroatoms. The van der Waals surface area contributed by atoms with Gasteiger partial charge in [0.25, 0.3) is 0 Å². The van der Waals surface area contributed by atoms with E-state index in [2.05, 4.69) is 29.5 Å². The molecule has 0 spiro atoms. The number of benzene rings is 1. The zero-order valence-corrected chi connectivity index (χ0v) is 16.8. The van der Waals surface area contributed by atoms with Crippen LogP contribution in [0.5, 0.6) is 5.75 Å². The van der Waals surface area contributed by atoms with Gasteiger partial charge in [0, 0.05) is 69.0 Å². The van der Waals surface area contributed by atoms with Crippen molar-refractivity contribution >= 4 is 10.8 Å². The zero-order valence-electron chi connectivity index (χ0n) is 16.8. The van der Waals surface area contributed by atoms with Gasteiger partial charge in [0.15, 0.2) is 0 Å². The molecule has 3 aromatic rings. The average molecular weight is 393 g/mol. The van der Waals surface area contributed by atoms with Crippen molar-refractivity contribution in [3.8, 4) is 5.75 Å². The monoisotopic (exact) mass is 392 g/mol. The number of hydrogen-bond acceptors (Lipinski definition) is 6. The lowest BCUT2D eigenvalue weighted by Crippen LogP contribution is -2.45.